The molecular weight excluding hydrogens is 206 g/mol. The Labute approximate surface area is 92.9 Å². The van der Waals surface area contributed by atoms with Crippen molar-refractivity contribution in [1.29, 1.82) is 0 Å². The lowest BCUT2D eigenvalue weighted by Crippen LogP contribution is -2.29. The second kappa shape index (κ2) is 4.53. The molecule has 2 aromatic rings. The topological polar surface area (TPSA) is 50.9 Å². The molecule has 2 heterocycles. The number of hydrogen-bond donors (Lipinski definition) is 2. The number of rotatable bonds is 3. The van der Waals surface area contributed by atoms with Crippen LogP contribution in [0.5, 0.6) is 0 Å². The molecule has 0 saturated heterocycles. The summed E-state index contributed by atoms with van der Waals surface area (Å²) in [6, 6.07) is 6.07. The van der Waals surface area contributed by atoms with E-state index in [9.17, 15) is 0 Å². The van der Waals surface area contributed by atoms with Gasteiger partial charge in [-0.05, 0) is 35.6 Å². The van der Waals surface area contributed by atoms with E-state index in [1.807, 2.05) is 18.3 Å². The molecular formula is C11H13N3S. The number of thiophene rings is 1. The lowest BCUT2D eigenvalue weighted by Gasteiger charge is -2.15. The summed E-state index contributed by atoms with van der Waals surface area (Å²) in [6.07, 6.45) is 3.60. The Morgan fingerprint density at radius 2 is 2.33 bits per heavy atom. The minimum Gasteiger partial charge on any atom is -0.271 e. The molecule has 78 valence electrons. The Hall–Kier alpha value is -1.23. The third kappa shape index (κ3) is 2.07. The van der Waals surface area contributed by atoms with E-state index in [1.165, 1.54) is 10.4 Å². The van der Waals surface area contributed by atoms with E-state index in [0.717, 1.165) is 5.56 Å². The van der Waals surface area contributed by atoms with E-state index in [-0.39, 0.29) is 6.04 Å². The molecule has 0 amide bonds. The van der Waals surface area contributed by atoms with Gasteiger partial charge >= 0.3 is 0 Å². The van der Waals surface area contributed by atoms with Crippen LogP contribution in [0, 0.1) is 6.92 Å². The second-order valence-corrected chi connectivity index (χ2v) is 4.44. The first kappa shape index (κ1) is 10.3. The average molecular weight is 219 g/mol. The minimum absolute atomic E-state index is 0.0324. The van der Waals surface area contributed by atoms with Crippen molar-refractivity contribution in [2.24, 2.45) is 5.84 Å². The van der Waals surface area contributed by atoms with Crippen molar-refractivity contribution < 1.29 is 0 Å². The minimum atomic E-state index is 0.0324. The molecule has 0 bridgehead atoms. The highest BCUT2D eigenvalue weighted by Gasteiger charge is 2.14. The van der Waals surface area contributed by atoms with E-state index in [1.54, 1.807) is 17.5 Å². The smallest absolute Gasteiger partial charge is 0.0735 e. The summed E-state index contributed by atoms with van der Waals surface area (Å²) in [7, 11) is 0. The van der Waals surface area contributed by atoms with Gasteiger partial charge in [0, 0.05) is 17.3 Å². The fraction of sp³-hybridized carbons (Fsp3) is 0.182. The van der Waals surface area contributed by atoms with Crippen molar-refractivity contribution in [3.8, 4) is 0 Å². The van der Waals surface area contributed by atoms with Gasteiger partial charge in [0.1, 0.15) is 0 Å². The Morgan fingerprint density at radius 1 is 1.47 bits per heavy atom. The number of pyridine rings is 1. The summed E-state index contributed by atoms with van der Waals surface area (Å²) in [5, 5.41) is 2.07. The molecule has 1 atom stereocenters. The van der Waals surface area contributed by atoms with Crippen LogP contribution in [0.3, 0.4) is 0 Å². The predicted molar refractivity (Wildman–Crippen MR) is 62.5 cm³/mol. The lowest BCUT2D eigenvalue weighted by atomic mass is 10.0. The third-order valence-corrected chi connectivity index (χ3v) is 3.26. The van der Waals surface area contributed by atoms with Crippen LogP contribution in [0.15, 0.2) is 36.0 Å². The van der Waals surface area contributed by atoms with Crippen molar-refractivity contribution in [2.75, 3.05) is 0 Å². The summed E-state index contributed by atoms with van der Waals surface area (Å²) in [4.78, 5) is 5.38. The molecule has 0 aromatic carbocycles. The lowest BCUT2D eigenvalue weighted by molar-refractivity contribution is 0.634. The highest BCUT2D eigenvalue weighted by atomic mass is 32.1. The molecule has 0 radical (unpaired) electrons. The van der Waals surface area contributed by atoms with Crippen LogP contribution < -0.4 is 11.3 Å². The zero-order chi connectivity index (χ0) is 10.7. The van der Waals surface area contributed by atoms with Crippen LogP contribution in [0.4, 0.5) is 0 Å². The number of aryl methyl sites for hydroxylation is 1. The number of nitrogens with two attached hydrogens (primary N) is 1. The maximum Gasteiger partial charge on any atom is 0.0735 e. The summed E-state index contributed by atoms with van der Waals surface area (Å²) < 4.78 is 0. The van der Waals surface area contributed by atoms with E-state index >= 15 is 0 Å². The summed E-state index contributed by atoms with van der Waals surface area (Å²) in [5.41, 5.74) is 5.13. The number of hydrogen-bond acceptors (Lipinski definition) is 4. The van der Waals surface area contributed by atoms with Gasteiger partial charge in [-0.25, -0.2) is 5.43 Å². The molecule has 4 heteroatoms. The van der Waals surface area contributed by atoms with Crippen molar-refractivity contribution in [1.82, 2.24) is 10.4 Å². The zero-order valence-corrected chi connectivity index (χ0v) is 9.29. The van der Waals surface area contributed by atoms with Crippen LogP contribution in [0.2, 0.25) is 0 Å². The molecule has 0 aliphatic rings. The maximum absolute atomic E-state index is 5.59. The van der Waals surface area contributed by atoms with Crippen molar-refractivity contribution in [3.63, 3.8) is 0 Å². The highest BCUT2D eigenvalue weighted by Crippen LogP contribution is 2.26. The monoisotopic (exact) mass is 219 g/mol. The predicted octanol–water partition coefficient (Wildman–Crippen LogP) is 2.00. The quantitative estimate of drug-likeness (QED) is 0.613. The Balaban J connectivity index is 2.37. The summed E-state index contributed by atoms with van der Waals surface area (Å²) in [6.45, 7) is 2.10. The van der Waals surface area contributed by atoms with Gasteiger partial charge in [-0.15, -0.1) is 11.3 Å². The maximum atomic E-state index is 5.59. The number of nitrogens with zero attached hydrogens (tertiary/aromatic N) is 1. The summed E-state index contributed by atoms with van der Waals surface area (Å²) >= 11 is 1.73. The third-order valence-electron chi connectivity index (χ3n) is 2.39. The zero-order valence-electron chi connectivity index (χ0n) is 8.47. The van der Waals surface area contributed by atoms with Crippen molar-refractivity contribution >= 4 is 11.3 Å². The number of aromatic nitrogens is 1. The average Bonchev–Trinajstić information content (AvgIpc) is 2.68. The van der Waals surface area contributed by atoms with Gasteiger partial charge in [0.2, 0.25) is 0 Å². The normalized spacial score (nSPS) is 12.7. The Morgan fingerprint density at radius 3 is 2.87 bits per heavy atom. The van der Waals surface area contributed by atoms with Crippen LogP contribution >= 0.6 is 11.3 Å². The highest BCUT2D eigenvalue weighted by molar-refractivity contribution is 7.10. The van der Waals surface area contributed by atoms with Gasteiger partial charge in [-0.2, -0.15) is 0 Å². The molecule has 0 aliphatic carbocycles. The first-order valence-electron chi connectivity index (χ1n) is 4.73. The van der Waals surface area contributed by atoms with Gasteiger partial charge in [-0.3, -0.25) is 10.8 Å². The van der Waals surface area contributed by atoms with E-state index in [4.69, 9.17) is 5.84 Å². The van der Waals surface area contributed by atoms with Crippen LogP contribution in [0.25, 0.3) is 0 Å². The van der Waals surface area contributed by atoms with Gasteiger partial charge in [0.05, 0.1) is 6.04 Å². The van der Waals surface area contributed by atoms with E-state index < -0.39 is 0 Å². The molecule has 2 rings (SSSR count). The molecule has 0 fully saturated rings. The summed E-state index contributed by atoms with van der Waals surface area (Å²) in [5.74, 6) is 5.59. The Bertz CT molecular complexity index is 424. The fourth-order valence-corrected chi connectivity index (χ4v) is 2.35. The van der Waals surface area contributed by atoms with Gasteiger partial charge in [0.25, 0.3) is 0 Å². The molecule has 3 N–H and O–H groups in total. The molecule has 3 nitrogen and oxygen atoms in total. The first-order valence-corrected chi connectivity index (χ1v) is 5.61. The van der Waals surface area contributed by atoms with Crippen LogP contribution in [-0.4, -0.2) is 4.98 Å². The molecule has 1 unspecified atom stereocenters. The second-order valence-electron chi connectivity index (χ2n) is 3.32. The molecule has 0 saturated carbocycles. The first-order chi connectivity index (χ1) is 7.33. The molecule has 15 heavy (non-hydrogen) atoms. The Kier molecular flexibility index (Phi) is 3.11. The largest absolute Gasteiger partial charge is 0.271 e. The van der Waals surface area contributed by atoms with Crippen molar-refractivity contribution in [3.05, 3.63) is 52.0 Å². The van der Waals surface area contributed by atoms with Gasteiger partial charge in [-0.1, -0.05) is 6.07 Å². The van der Waals surface area contributed by atoms with Crippen LogP contribution in [-0.2, 0) is 0 Å². The number of hydrazine groups is 1. The van der Waals surface area contributed by atoms with Crippen LogP contribution in [0.1, 0.15) is 22.0 Å². The molecule has 0 aliphatic heterocycles. The molecule has 2 aromatic heterocycles. The van der Waals surface area contributed by atoms with Gasteiger partial charge < -0.3 is 0 Å². The number of nitrogens with one attached hydrogen (secondary N) is 1. The van der Waals surface area contributed by atoms with E-state index in [0.29, 0.717) is 0 Å². The SMILES string of the molecule is Cc1sccc1C(NN)c1cccnc1. The van der Waals surface area contributed by atoms with Gasteiger partial charge in [0.15, 0.2) is 0 Å². The van der Waals surface area contributed by atoms with E-state index in [2.05, 4.69) is 28.8 Å². The standard InChI is InChI=1S/C11H13N3S/c1-8-10(4-6-15-8)11(14-12)9-3-2-5-13-7-9/h2-7,11,14H,12H2,1H3. The molecule has 0 spiro atoms. The van der Waals surface area contributed by atoms with Crippen molar-refractivity contribution in [2.45, 2.75) is 13.0 Å². The fourth-order valence-electron chi connectivity index (χ4n) is 1.61.